The van der Waals surface area contributed by atoms with Gasteiger partial charge in [-0.2, -0.15) is 0 Å². The first kappa shape index (κ1) is 14.4. The second kappa shape index (κ2) is 6.96. The Labute approximate surface area is 128 Å². The molecule has 0 radical (unpaired) electrons. The van der Waals surface area contributed by atoms with E-state index in [0.717, 1.165) is 14.4 Å². The molecule has 2 rings (SSSR count). The predicted molar refractivity (Wildman–Crippen MR) is 83.9 cm³/mol. The molecule has 1 aromatic heterocycles. The fourth-order valence-corrected chi connectivity index (χ4v) is 3.96. The van der Waals surface area contributed by atoms with Crippen LogP contribution in [0.2, 0.25) is 5.02 Å². The SMILES string of the molecule is OC(CSc1ccc(Cl)cc1)Cc1cc(Br)cs1. The monoisotopic (exact) mass is 362 g/mol. The third-order valence-corrected chi connectivity index (χ3v) is 5.44. The minimum atomic E-state index is -0.323. The van der Waals surface area contributed by atoms with Crippen molar-refractivity contribution < 1.29 is 5.11 Å². The van der Waals surface area contributed by atoms with Gasteiger partial charge in [-0.1, -0.05) is 11.6 Å². The lowest BCUT2D eigenvalue weighted by Gasteiger charge is -2.08. The quantitative estimate of drug-likeness (QED) is 0.766. The van der Waals surface area contributed by atoms with Crippen LogP contribution in [0.15, 0.2) is 45.1 Å². The predicted octanol–water partition coefficient (Wildman–Crippen LogP) is 4.86. The van der Waals surface area contributed by atoms with E-state index in [4.69, 9.17) is 11.6 Å². The van der Waals surface area contributed by atoms with Crippen molar-refractivity contribution in [3.05, 3.63) is 50.1 Å². The second-order valence-corrected chi connectivity index (χ2v) is 7.30. The van der Waals surface area contributed by atoms with Gasteiger partial charge in [-0.05, 0) is 46.3 Å². The van der Waals surface area contributed by atoms with Crippen LogP contribution in [0.25, 0.3) is 0 Å². The van der Waals surface area contributed by atoms with Crippen LogP contribution >= 0.6 is 50.6 Å². The van der Waals surface area contributed by atoms with E-state index in [9.17, 15) is 5.11 Å². The number of aliphatic hydroxyl groups is 1. The van der Waals surface area contributed by atoms with Gasteiger partial charge in [-0.15, -0.1) is 23.1 Å². The van der Waals surface area contributed by atoms with Crippen LogP contribution in [0.1, 0.15) is 4.88 Å². The van der Waals surface area contributed by atoms with Gasteiger partial charge in [0, 0.05) is 36.8 Å². The summed E-state index contributed by atoms with van der Waals surface area (Å²) in [5.41, 5.74) is 0. The van der Waals surface area contributed by atoms with Gasteiger partial charge in [0.15, 0.2) is 0 Å². The molecule has 0 aliphatic carbocycles. The molecule has 2 aromatic rings. The Kier molecular flexibility index (Phi) is 5.57. The van der Waals surface area contributed by atoms with Crippen molar-refractivity contribution in [2.75, 3.05) is 5.75 Å². The molecule has 0 aliphatic rings. The average Bonchev–Trinajstić information content (AvgIpc) is 2.74. The normalized spacial score (nSPS) is 12.6. The molecule has 1 unspecified atom stereocenters. The summed E-state index contributed by atoms with van der Waals surface area (Å²) in [5, 5.41) is 12.7. The Morgan fingerprint density at radius 3 is 2.67 bits per heavy atom. The Morgan fingerprint density at radius 2 is 2.06 bits per heavy atom. The van der Waals surface area contributed by atoms with Crippen LogP contribution in [0.5, 0.6) is 0 Å². The van der Waals surface area contributed by atoms with Gasteiger partial charge in [0.2, 0.25) is 0 Å². The molecule has 0 saturated heterocycles. The van der Waals surface area contributed by atoms with Crippen LogP contribution in [-0.2, 0) is 6.42 Å². The molecule has 0 bridgehead atoms. The molecule has 1 atom stereocenters. The van der Waals surface area contributed by atoms with Crippen molar-refractivity contribution in [2.45, 2.75) is 17.4 Å². The molecule has 1 N–H and O–H groups in total. The molecule has 0 fully saturated rings. The fraction of sp³-hybridized carbons (Fsp3) is 0.231. The molecule has 0 aliphatic heterocycles. The number of thioether (sulfide) groups is 1. The lowest BCUT2D eigenvalue weighted by molar-refractivity contribution is 0.201. The molecule has 0 saturated carbocycles. The van der Waals surface area contributed by atoms with Crippen molar-refractivity contribution in [2.24, 2.45) is 0 Å². The summed E-state index contributed by atoms with van der Waals surface area (Å²) >= 11 is 12.6. The van der Waals surface area contributed by atoms with Crippen molar-refractivity contribution >= 4 is 50.6 Å². The van der Waals surface area contributed by atoms with Crippen molar-refractivity contribution in [3.8, 4) is 0 Å². The summed E-state index contributed by atoms with van der Waals surface area (Å²) in [4.78, 5) is 2.33. The summed E-state index contributed by atoms with van der Waals surface area (Å²) in [6.07, 6.45) is 0.382. The van der Waals surface area contributed by atoms with Crippen LogP contribution in [0, 0.1) is 0 Å². The fourth-order valence-electron chi connectivity index (χ4n) is 1.48. The Bertz CT molecular complexity index is 498. The highest BCUT2D eigenvalue weighted by Gasteiger charge is 2.08. The van der Waals surface area contributed by atoms with Gasteiger partial charge in [0.05, 0.1) is 6.10 Å². The Morgan fingerprint density at radius 1 is 1.33 bits per heavy atom. The molecular formula is C13H12BrClOS2. The van der Waals surface area contributed by atoms with E-state index in [0.29, 0.717) is 12.2 Å². The largest absolute Gasteiger partial charge is 0.392 e. The van der Waals surface area contributed by atoms with E-state index in [-0.39, 0.29) is 6.10 Å². The van der Waals surface area contributed by atoms with Crippen LogP contribution in [0.4, 0.5) is 0 Å². The van der Waals surface area contributed by atoms with E-state index in [1.165, 1.54) is 4.88 Å². The molecule has 1 nitrogen and oxygen atoms in total. The first-order valence-corrected chi connectivity index (χ1v) is 8.46. The van der Waals surface area contributed by atoms with Crippen LogP contribution < -0.4 is 0 Å². The molecule has 0 spiro atoms. The van der Waals surface area contributed by atoms with Crippen LogP contribution in [0.3, 0.4) is 0 Å². The van der Waals surface area contributed by atoms with Gasteiger partial charge in [0.25, 0.3) is 0 Å². The lowest BCUT2D eigenvalue weighted by Crippen LogP contribution is -2.12. The lowest BCUT2D eigenvalue weighted by atomic mass is 10.2. The van der Waals surface area contributed by atoms with Gasteiger partial charge >= 0.3 is 0 Å². The number of hydrogen-bond donors (Lipinski definition) is 1. The molecule has 5 heteroatoms. The second-order valence-electron chi connectivity index (χ2n) is 3.85. The average molecular weight is 364 g/mol. The highest BCUT2D eigenvalue weighted by Crippen LogP contribution is 2.24. The van der Waals surface area contributed by atoms with E-state index in [1.807, 2.05) is 29.6 Å². The minimum Gasteiger partial charge on any atom is -0.392 e. The van der Waals surface area contributed by atoms with Gasteiger partial charge < -0.3 is 5.11 Å². The maximum Gasteiger partial charge on any atom is 0.0682 e. The zero-order valence-electron chi connectivity index (χ0n) is 9.48. The maximum absolute atomic E-state index is 9.97. The standard InChI is InChI=1S/C13H12BrClOS2/c14-9-5-13(17-7-9)6-11(16)8-18-12-3-1-10(15)2-4-12/h1-5,7,11,16H,6,8H2. The first-order chi connectivity index (χ1) is 8.63. The minimum absolute atomic E-state index is 0.323. The zero-order chi connectivity index (χ0) is 13.0. The summed E-state index contributed by atoms with van der Waals surface area (Å²) in [6.45, 7) is 0. The van der Waals surface area contributed by atoms with E-state index < -0.39 is 0 Å². The van der Waals surface area contributed by atoms with E-state index in [1.54, 1.807) is 23.1 Å². The third kappa shape index (κ3) is 4.59. The highest BCUT2D eigenvalue weighted by atomic mass is 79.9. The third-order valence-electron chi connectivity index (χ3n) is 2.31. The number of thiophene rings is 1. The summed E-state index contributed by atoms with van der Waals surface area (Å²) < 4.78 is 1.08. The zero-order valence-corrected chi connectivity index (χ0v) is 13.5. The maximum atomic E-state index is 9.97. The number of halogens is 2. The Balaban J connectivity index is 1.81. The molecule has 18 heavy (non-hydrogen) atoms. The summed E-state index contributed by atoms with van der Waals surface area (Å²) in [5.74, 6) is 0.692. The van der Waals surface area contributed by atoms with Gasteiger partial charge in [-0.3, -0.25) is 0 Å². The number of aliphatic hydroxyl groups excluding tert-OH is 1. The van der Waals surface area contributed by atoms with E-state index in [2.05, 4.69) is 22.0 Å². The molecule has 96 valence electrons. The number of benzene rings is 1. The summed E-state index contributed by atoms with van der Waals surface area (Å²) in [6, 6.07) is 9.74. The van der Waals surface area contributed by atoms with E-state index >= 15 is 0 Å². The van der Waals surface area contributed by atoms with Gasteiger partial charge in [-0.25, -0.2) is 0 Å². The summed E-state index contributed by atoms with van der Waals surface area (Å²) in [7, 11) is 0. The molecule has 1 heterocycles. The van der Waals surface area contributed by atoms with Gasteiger partial charge in [0.1, 0.15) is 0 Å². The molecular weight excluding hydrogens is 352 g/mol. The smallest absolute Gasteiger partial charge is 0.0682 e. The topological polar surface area (TPSA) is 20.2 Å². The highest BCUT2D eigenvalue weighted by molar-refractivity contribution is 9.10. The number of rotatable bonds is 5. The number of hydrogen-bond acceptors (Lipinski definition) is 3. The van der Waals surface area contributed by atoms with Crippen LogP contribution in [-0.4, -0.2) is 17.0 Å². The molecule has 1 aromatic carbocycles. The Hall–Kier alpha value is -0.0000000000000000833. The van der Waals surface area contributed by atoms with Crippen molar-refractivity contribution in [3.63, 3.8) is 0 Å². The first-order valence-electron chi connectivity index (χ1n) is 5.43. The molecule has 0 amide bonds. The van der Waals surface area contributed by atoms with Crippen molar-refractivity contribution in [1.82, 2.24) is 0 Å². The van der Waals surface area contributed by atoms with Crippen molar-refractivity contribution in [1.29, 1.82) is 0 Å².